The van der Waals surface area contributed by atoms with Crippen LogP contribution in [0, 0.1) is 5.82 Å². The molecule has 6 heteroatoms. The SMILES string of the molecule is CCCC(NC(=O)N(C)Cc1ccc(F)cc1)C(=O)O. The highest BCUT2D eigenvalue weighted by molar-refractivity contribution is 5.82. The van der Waals surface area contributed by atoms with Crippen molar-refractivity contribution in [3.63, 3.8) is 0 Å². The lowest BCUT2D eigenvalue weighted by atomic mass is 10.2. The van der Waals surface area contributed by atoms with E-state index < -0.39 is 18.0 Å². The third-order valence-corrected chi connectivity index (χ3v) is 2.85. The first-order valence-electron chi connectivity index (χ1n) is 6.43. The number of carbonyl (C=O) groups is 2. The summed E-state index contributed by atoms with van der Waals surface area (Å²) < 4.78 is 12.8. The zero-order chi connectivity index (χ0) is 15.1. The highest BCUT2D eigenvalue weighted by Gasteiger charge is 2.20. The molecular weight excluding hydrogens is 263 g/mol. The molecular formula is C14H19FN2O3. The molecule has 0 radical (unpaired) electrons. The molecule has 1 rings (SSSR count). The van der Waals surface area contributed by atoms with Crippen LogP contribution in [0.4, 0.5) is 9.18 Å². The Morgan fingerprint density at radius 1 is 1.35 bits per heavy atom. The number of carboxylic acids is 1. The highest BCUT2D eigenvalue weighted by Crippen LogP contribution is 2.06. The quantitative estimate of drug-likeness (QED) is 0.840. The number of nitrogens with one attached hydrogen (secondary N) is 1. The Morgan fingerprint density at radius 2 is 1.95 bits per heavy atom. The van der Waals surface area contributed by atoms with Crippen molar-refractivity contribution in [2.45, 2.75) is 32.4 Å². The van der Waals surface area contributed by atoms with Gasteiger partial charge < -0.3 is 15.3 Å². The van der Waals surface area contributed by atoms with Crippen LogP contribution in [0.3, 0.4) is 0 Å². The van der Waals surface area contributed by atoms with Crippen LogP contribution in [0.25, 0.3) is 0 Å². The van der Waals surface area contributed by atoms with Crippen molar-refractivity contribution in [1.82, 2.24) is 10.2 Å². The number of halogens is 1. The summed E-state index contributed by atoms with van der Waals surface area (Å²) in [6, 6.07) is 4.45. The van der Waals surface area contributed by atoms with E-state index in [0.29, 0.717) is 12.8 Å². The van der Waals surface area contributed by atoms with E-state index in [4.69, 9.17) is 5.11 Å². The summed E-state index contributed by atoms with van der Waals surface area (Å²) in [5.74, 6) is -1.38. The molecule has 0 aliphatic rings. The maximum Gasteiger partial charge on any atom is 0.326 e. The minimum absolute atomic E-state index is 0.282. The summed E-state index contributed by atoms with van der Waals surface area (Å²) in [6.45, 7) is 2.13. The maximum atomic E-state index is 12.8. The van der Waals surface area contributed by atoms with Gasteiger partial charge in [0.2, 0.25) is 0 Å². The molecule has 20 heavy (non-hydrogen) atoms. The molecule has 0 bridgehead atoms. The fraction of sp³-hybridized carbons (Fsp3) is 0.429. The lowest BCUT2D eigenvalue weighted by molar-refractivity contribution is -0.139. The van der Waals surface area contributed by atoms with Crippen LogP contribution < -0.4 is 5.32 Å². The van der Waals surface area contributed by atoms with Gasteiger partial charge in [0.25, 0.3) is 0 Å². The molecule has 2 amide bonds. The standard InChI is InChI=1S/C14H19FN2O3/c1-3-4-12(13(18)19)16-14(20)17(2)9-10-5-7-11(15)8-6-10/h5-8,12H,3-4,9H2,1-2H3,(H,16,20)(H,18,19). The van der Waals surface area contributed by atoms with Crippen molar-refractivity contribution in [1.29, 1.82) is 0 Å². The van der Waals surface area contributed by atoms with Gasteiger partial charge in [-0.25, -0.2) is 14.0 Å². The summed E-state index contributed by atoms with van der Waals surface area (Å²) in [7, 11) is 1.56. The average Bonchev–Trinajstić information content (AvgIpc) is 2.40. The van der Waals surface area contributed by atoms with E-state index in [9.17, 15) is 14.0 Å². The number of urea groups is 1. The predicted molar refractivity (Wildman–Crippen MR) is 72.7 cm³/mol. The Hall–Kier alpha value is -2.11. The molecule has 1 aromatic carbocycles. The fourth-order valence-electron chi connectivity index (χ4n) is 1.74. The Bertz CT molecular complexity index is 462. The van der Waals surface area contributed by atoms with E-state index in [1.165, 1.54) is 17.0 Å². The summed E-state index contributed by atoms with van der Waals surface area (Å²) >= 11 is 0. The van der Waals surface area contributed by atoms with Gasteiger partial charge >= 0.3 is 12.0 Å². The number of nitrogens with zero attached hydrogens (tertiary/aromatic N) is 1. The molecule has 5 nitrogen and oxygen atoms in total. The van der Waals surface area contributed by atoms with Crippen molar-refractivity contribution in [2.24, 2.45) is 0 Å². The number of rotatable bonds is 6. The molecule has 1 atom stereocenters. The van der Waals surface area contributed by atoms with Crippen molar-refractivity contribution in [3.8, 4) is 0 Å². The Labute approximate surface area is 117 Å². The number of carbonyl (C=O) groups excluding carboxylic acids is 1. The van der Waals surface area contributed by atoms with Crippen molar-refractivity contribution in [3.05, 3.63) is 35.6 Å². The molecule has 0 saturated carbocycles. The van der Waals surface area contributed by atoms with E-state index in [0.717, 1.165) is 5.56 Å². The van der Waals surface area contributed by atoms with Crippen LogP contribution >= 0.6 is 0 Å². The molecule has 110 valence electrons. The van der Waals surface area contributed by atoms with Gasteiger partial charge in [-0.1, -0.05) is 25.5 Å². The van der Waals surface area contributed by atoms with Crippen LogP contribution in [0.2, 0.25) is 0 Å². The second-order valence-electron chi connectivity index (χ2n) is 4.61. The van der Waals surface area contributed by atoms with Crippen LogP contribution in [-0.4, -0.2) is 35.1 Å². The van der Waals surface area contributed by atoms with Crippen molar-refractivity contribution in [2.75, 3.05) is 7.05 Å². The van der Waals surface area contributed by atoms with Gasteiger partial charge in [0.1, 0.15) is 11.9 Å². The molecule has 0 spiro atoms. The highest BCUT2D eigenvalue weighted by atomic mass is 19.1. The summed E-state index contributed by atoms with van der Waals surface area (Å²) in [5.41, 5.74) is 0.770. The number of hydrogen-bond acceptors (Lipinski definition) is 2. The van der Waals surface area contributed by atoms with E-state index in [2.05, 4.69) is 5.32 Å². The molecule has 0 aromatic heterocycles. The number of aliphatic carboxylic acids is 1. The Kier molecular flexibility index (Phi) is 5.96. The van der Waals surface area contributed by atoms with Crippen LogP contribution in [0.15, 0.2) is 24.3 Å². The van der Waals surface area contributed by atoms with Gasteiger partial charge in [0, 0.05) is 13.6 Å². The molecule has 0 heterocycles. The largest absolute Gasteiger partial charge is 0.480 e. The molecule has 1 aromatic rings. The van der Waals surface area contributed by atoms with E-state index in [1.807, 2.05) is 6.92 Å². The number of benzene rings is 1. The summed E-state index contributed by atoms with van der Waals surface area (Å²) in [6.07, 6.45) is 1.05. The van der Waals surface area contributed by atoms with Gasteiger partial charge in [-0.05, 0) is 24.1 Å². The van der Waals surface area contributed by atoms with E-state index in [-0.39, 0.29) is 12.4 Å². The summed E-state index contributed by atoms with van der Waals surface area (Å²) in [5, 5.41) is 11.4. The number of carboxylic acid groups (broad SMARTS) is 1. The molecule has 2 N–H and O–H groups in total. The third kappa shape index (κ3) is 4.87. The van der Waals surface area contributed by atoms with Gasteiger partial charge in [-0.15, -0.1) is 0 Å². The predicted octanol–water partition coefficient (Wildman–Crippen LogP) is 2.22. The Morgan fingerprint density at radius 3 is 2.45 bits per heavy atom. The van der Waals surface area contributed by atoms with Gasteiger partial charge in [0.05, 0.1) is 0 Å². The fourth-order valence-corrected chi connectivity index (χ4v) is 1.74. The summed E-state index contributed by atoms with van der Waals surface area (Å²) in [4.78, 5) is 24.2. The van der Waals surface area contributed by atoms with E-state index >= 15 is 0 Å². The first-order chi connectivity index (χ1) is 9.43. The van der Waals surface area contributed by atoms with Gasteiger partial charge in [0.15, 0.2) is 0 Å². The first-order valence-corrected chi connectivity index (χ1v) is 6.43. The monoisotopic (exact) mass is 282 g/mol. The lowest BCUT2D eigenvalue weighted by Crippen LogP contribution is -2.46. The zero-order valence-electron chi connectivity index (χ0n) is 11.6. The van der Waals surface area contributed by atoms with Crippen LogP contribution in [0.5, 0.6) is 0 Å². The molecule has 0 aliphatic carbocycles. The van der Waals surface area contributed by atoms with Gasteiger partial charge in [-0.2, -0.15) is 0 Å². The smallest absolute Gasteiger partial charge is 0.326 e. The normalized spacial score (nSPS) is 11.8. The average molecular weight is 282 g/mol. The topological polar surface area (TPSA) is 69.6 Å². The van der Waals surface area contributed by atoms with Crippen molar-refractivity contribution >= 4 is 12.0 Å². The molecule has 0 fully saturated rings. The van der Waals surface area contributed by atoms with E-state index in [1.54, 1.807) is 19.2 Å². The second-order valence-corrected chi connectivity index (χ2v) is 4.61. The van der Waals surface area contributed by atoms with Crippen LogP contribution in [0.1, 0.15) is 25.3 Å². The second kappa shape index (κ2) is 7.47. The maximum absolute atomic E-state index is 12.8. The van der Waals surface area contributed by atoms with Crippen LogP contribution in [-0.2, 0) is 11.3 Å². The minimum Gasteiger partial charge on any atom is -0.480 e. The minimum atomic E-state index is -1.05. The molecule has 0 aliphatic heterocycles. The molecule has 1 unspecified atom stereocenters. The number of hydrogen-bond donors (Lipinski definition) is 2. The van der Waals surface area contributed by atoms with Crippen molar-refractivity contribution < 1.29 is 19.1 Å². The zero-order valence-corrected chi connectivity index (χ0v) is 11.6. The number of amides is 2. The first kappa shape index (κ1) is 15.9. The Balaban J connectivity index is 2.57. The molecule has 0 saturated heterocycles. The lowest BCUT2D eigenvalue weighted by Gasteiger charge is -2.21. The van der Waals surface area contributed by atoms with Gasteiger partial charge in [-0.3, -0.25) is 0 Å². The third-order valence-electron chi connectivity index (χ3n) is 2.85.